The molecule has 0 fully saturated rings. The van der Waals surface area contributed by atoms with Crippen LogP contribution in [0.2, 0.25) is 0 Å². The lowest BCUT2D eigenvalue weighted by Crippen LogP contribution is -2.53. The molecular formula is C55H107NO5. The molecule has 0 bridgehead atoms. The normalized spacial score (nSPS) is 14.0. The molecular weight excluding hydrogens is 755 g/mol. The van der Waals surface area contributed by atoms with Crippen molar-refractivity contribution in [1.29, 1.82) is 0 Å². The Morgan fingerprint density at radius 2 is 0.689 bits per heavy atom. The summed E-state index contributed by atoms with van der Waals surface area (Å²) >= 11 is 0. The van der Waals surface area contributed by atoms with Crippen LogP contribution < -0.4 is 5.32 Å². The van der Waals surface area contributed by atoms with E-state index in [1.165, 1.54) is 218 Å². The number of aliphatic hydroxyl groups is 4. The van der Waals surface area contributed by atoms with Gasteiger partial charge in [-0.05, 0) is 51.4 Å². The van der Waals surface area contributed by atoms with Crippen molar-refractivity contribution >= 4 is 5.91 Å². The van der Waals surface area contributed by atoms with Gasteiger partial charge in [-0.25, -0.2) is 0 Å². The predicted molar refractivity (Wildman–Crippen MR) is 265 cm³/mol. The van der Waals surface area contributed by atoms with Gasteiger partial charge in [0, 0.05) is 0 Å². The molecule has 362 valence electrons. The Hall–Kier alpha value is -1.21. The van der Waals surface area contributed by atoms with Crippen molar-refractivity contribution < 1.29 is 25.2 Å². The molecule has 0 aliphatic carbocycles. The van der Waals surface area contributed by atoms with Gasteiger partial charge in [-0.15, -0.1) is 0 Å². The lowest BCUT2D eigenvalue weighted by molar-refractivity contribution is -0.132. The third-order valence-electron chi connectivity index (χ3n) is 12.9. The summed E-state index contributed by atoms with van der Waals surface area (Å²) in [6, 6.07) is -1.01. The maximum Gasteiger partial charge on any atom is 0.249 e. The summed E-state index contributed by atoms with van der Waals surface area (Å²) in [5.41, 5.74) is 0. The number of allylic oxidation sites excluding steroid dienone is 4. The number of carbonyl (C=O) groups excluding carboxylic acids is 1. The highest BCUT2D eigenvalue weighted by Crippen LogP contribution is 2.17. The largest absolute Gasteiger partial charge is 0.394 e. The van der Waals surface area contributed by atoms with E-state index < -0.39 is 36.9 Å². The van der Waals surface area contributed by atoms with Gasteiger partial charge in [0.05, 0.1) is 18.8 Å². The molecule has 0 spiro atoms. The Morgan fingerprint density at radius 3 is 1.03 bits per heavy atom. The topological polar surface area (TPSA) is 110 Å². The van der Waals surface area contributed by atoms with Crippen LogP contribution in [0.4, 0.5) is 0 Å². The van der Waals surface area contributed by atoms with Gasteiger partial charge >= 0.3 is 0 Å². The average Bonchev–Trinajstić information content (AvgIpc) is 3.26. The molecule has 0 aromatic heterocycles. The van der Waals surface area contributed by atoms with E-state index >= 15 is 0 Å². The van der Waals surface area contributed by atoms with Gasteiger partial charge in [0.2, 0.25) is 5.91 Å². The maximum atomic E-state index is 12.6. The van der Waals surface area contributed by atoms with Crippen molar-refractivity contribution in [2.24, 2.45) is 0 Å². The molecule has 1 amide bonds. The van der Waals surface area contributed by atoms with Gasteiger partial charge in [-0.1, -0.05) is 263 Å². The van der Waals surface area contributed by atoms with Gasteiger partial charge in [-0.2, -0.15) is 0 Å². The molecule has 0 aliphatic rings. The van der Waals surface area contributed by atoms with Gasteiger partial charge in [0.1, 0.15) is 12.2 Å². The first kappa shape index (κ1) is 59.8. The second-order valence-corrected chi connectivity index (χ2v) is 18.9. The van der Waals surface area contributed by atoms with Gasteiger partial charge in [0.15, 0.2) is 0 Å². The fourth-order valence-corrected chi connectivity index (χ4v) is 8.60. The summed E-state index contributed by atoms with van der Waals surface area (Å²) in [6.07, 6.45) is 59.5. The average molecular weight is 862 g/mol. The first-order chi connectivity index (χ1) is 30.0. The third kappa shape index (κ3) is 43.8. The summed E-state index contributed by atoms with van der Waals surface area (Å²) in [7, 11) is 0. The van der Waals surface area contributed by atoms with Crippen LogP contribution in [0, 0.1) is 0 Å². The van der Waals surface area contributed by atoms with E-state index in [1.807, 2.05) is 0 Å². The van der Waals surface area contributed by atoms with E-state index in [0.29, 0.717) is 19.3 Å². The Kier molecular flexibility index (Phi) is 48.8. The highest BCUT2D eigenvalue weighted by molar-refractivity contribution is 5.80. The van der Waals surface area contributed by atoms with Crippen LogP contribution >= 0.6 is 0 Å². The first-order valence-electron chi connectivity index (χ1n) is 27.2. The van der Waals surface area contributed by atoms with E-state index in [9.17, 15) is 25.2 Å². The zero-order chi connectivity index (χ0) is 44.5. The fourth-order valence-electron chi connectivity index (χ4n) is 8.60. The molecule has 0 rings (SSSR count). The number of hydrogen-bond donors (Lipinski definition) is 5. The van der Waals surface area contributed by atoms with Gasteiger partial charge in [0.25, 0.3) is 0 Å². The zero-order valence-corrected chi connectivity index (χ0v) is 40.9. The van der Waals surface area contributed by atoms with Gasteiger partial charge in [-0.3, -0.25) is 4.79 Å². The molecule has 6 heteroatoms. The first-order valence-corrected chi connectivity index (χ1v) is 27.2. The van der Waals surface area contributed by atoms with E-state index in [2.05, 4.69) is 43.5 Å². The summed E-state index contributed by atoms with van der Waals surface area (Å²) in [5.74, 6) is -0.592. The highest BCUT2D eigenvalue weighted by Gasteiger charge is 2.28. The summed E-state index contributed by atoms with van der Waals surface area (Å²) in [4.78, 5) is 12.6. The molecule has 4 unspecified atom stereocenters. The Labute approximate surface area is 380 Å². The van der Waals surface area contributed by atoms with Crippen molar-refractivity contribution in [3.8, 4) is 0 Å². The number of carbonyl (C=O) groups is 1. The standard InChI is InChI=1S/C55H107NO5/c1-3-5-7-9-11-13-15-17-19-21-23-25-27-29-31-33-35-37-39-41-43-45-47-49-53(59)55(61)56-51(50-57)54(60)52(58)48-46-44-42-40-38-36-34-32-30-28-26-24-22-20-18-16-14-12-10-8-6-4-2/h32,34,40,42,51-54,57-60H,3-31,33,35-39,41,43-50H2,1-2H3,(H,56,61)/b34-32+,42-40+. The van der Waals surface area contributed by atoms with E-state index in [-0.39, 0.29) is 0 Å². The summed E-state index contributed by atoms with van der Waals surface area (Å²) in [5, 5.41) is 43.9. The number of aliphatic hydroxyl groups excluding tert-OH is 4. The van der Waals surface area contributed by atoms with E-state index in [4.69, 9.17) is 0 Å². The summed E-state index contributed by atoms with van der Waals surface area (Å²) < 4.78 is 0. The van der Waals surface area contributed by atoms with Gasteiger partial charge < -0.3 is 25.7 Å². The molecule has 61 heavy (non-hydrogen) atoms. The summed E-state index contributed by atoms with van der Waals surface area (Å²) in [6.45, 7) is 4.07. The monoisotopic (exact) mass is 862 g/mol. The number of nitrogens with one attached hydrogen (secondary N) is 1. The lowest BCUT2D eigenvalue weighted by Gasteiger charge is -2.27. The second kappa shape index (κ2) is 49.8. The second-order valence-electron chi connectivity index (χ2n) is 18.9. The highest BCUT2D eigenvalue weighted by atomic mass is 16.3. The molecule has 0 saturated carbocycles. The predicted octanol–water partition coefficient (Wildman–Crippen LogP) is 15.5. The molecule has 0 aliphatic heterocycles. The molecule has 0 aromatic rings. The lowest BCUT2D eigenvalue weighted by atomic mass is 10.00. The molecule has 0 saturated heterocycles. The molecule has 0 radical (unpaired) electrons. The Balaban J connectivity index is 3.68. The van der Waals surface area contributed by atoms with Crippen LogP contribution in [0.25, 0.3) is 0 Å². The quantitative estimate of drug-likeness (QED) is 0.0309. The van der Waals surface area contributed by atoms with Crippen molar-refractivity contribution in [3.63, 3.8) is 0 Å². The fraction of sp³-hybridized carbons (Fsp3) is 0.909. The zero-order valence-electron chi connectivity index (χ0n) is 40.9. The molecule has 0 aromatic carbocycles. The number of amides is 1. The van der Waals surface area contributed by atoms with E-state index in [1.54, 1.807) is 0 Å². The van der Waals surface area contributed by atoms with Crippen molar-refractivity contribution in [2.75, 3.05) is 6.61 Å². The van der Waals surface area contributed by atoms with Crippen LogP contribution in [0.5, 0.6) is 0 Å². The molecule has 0 heterocycles. The van der Waals surface area contributed by atoms with Crippen LogP contribution in [-0.4, -0.2) is 57.3 Å². The van der Waals surface area contributed by atoms with Crippen molar-refractivity contribution in [1.82, 2.24) is 5.32 Å². The van der Waals surface area contributed by atoms with Crippen LogP contribution in [0.3, 0.4) is 0 Å². The van der Waals surface area contributed by atoms with E-state index in [0.717, 1.165) is 38.5 Å². The third-order valence-corrected chi connectivity index (χ3v) is 12.9. The minimum Gasteiger partial charge on any atom is -0.394 e. The Morgan fingerprint density at radius 1 is 0.393 bits per heavy atom. The Bertz CT molecular complexity index is 924. The molecule has 6 nitrogen and oxygen atoms in total. The molecule has 5 N–H and O–H groups in total. The number of unbranched alkanes of at least 4 members (excludes halogenated alkanes) is 37. The number of hydrogen-bond acceptors (Lipinski definition) is 5. The minimum absolute atomic E-state index is 0.365. The van der Waals surface area contributed by atoms with Crippen molar-refractivity contribution in [3.05, 3.63) is 24.3 Å². The smallest absolute Gasteiger partial charge is 0.249 e. The molecule has 4 atom stereocenters. The van der Waals surface area contributed by atoms with Crippen LogP contribution in [0.15, 0.2) is 24.3 Å². The van der Waals surface area contributed by atoms with Crippen LogP contribution in [-0.2, 0) is 4.79 Å². The SMILES string of the molecule is CCCCCCCCCCCCCCC/C=C/CC/C=C/CCCC(O)C(O)C(CO)NC(=O)C(O)CCCCCCCCCCCCCCCCCCCCCCCCC. The van der Waals surface area contributed by atoms with Crippen molar-refractivity contribution in [2.45, 2.75) is 314 Å². The minimum atomic E-state index is -1.29. The number of rotatable bonds is 50. The van der Waals surface area contributed by atoms with Crippen LogP contribution in [0.1, 0.15) is 290 Å². The maximum absolute atomic E-state index is 12.6.